The van der Waals surface area contributed by atoms with Crippen LogP contribution in [0.3, 0.4) is 0 Å². The van der Waals surface area contributed by atoms with E-state index in [1.54, 1.807) is 18.2 Å². The highest BCUT2D eigenvalue weighted by Gasteiger charge is 2.32. The predicted molar refractivity (Wildman–Crippen MR) is 97.9 cm³/mol. The van der Waals surface area contributed by atoms with Crippen LogP contribution in [-0.4, -0.2) is 40.3 Å². The maximum atomic E-state index is 12.6. The van der Waals surface area contributed by atoms with Gasteiger partial charge in [-0.1, -0.05) is 42.3 Å². The molecule has 6 heteroatoms. The summed E-state index contributed by atoms with van der Waals surface area (Å²) in [6, 6.07) is 12.1. The number of amidine groups is 1. The third kappa shape index (κ3) is 3.15. The lowest BCUT2D eigenvalue weighted by molar-refractivity contribution is -0.138. The fourth-order valence-electron chi connectivity index (χ4n) is 3.08. The van der Waals surface area contributed by atoms with Crippen molar-refractivity contribution in [3.05, 3.63) is 59.2 Å². The number of hydrogen-bond donors (Lipinski definition) is 3. The Labute approximate surface area is 150 Å². The summed E-state index contributed by atoms with van der Waals surface area (Å²) in [5, 5.41) is 16.5. The van der Waals surface area contributed by atoms with Gasteiger partial charge in [-0.05, 0) is 22.8 Å². The number of fused-ring (bicyclic) bond motifs is 1. The van der Waals surface area contributed by atoms with Crippen LogP contribution in [0.5, 0.6) is 0 Å². The molecule has 1 amide bonds. The smallest absolute Gasteiger partial charge is 0.323 e. The molecule has 0 saturated heterocycles. The van der Waals surface area contributed by atoms with E-state index in [4.69, 9.17) is 22.7 Å². The first-order valence-electron chi connectivity index (χ1n) is 7.97. The highest BCUT2D eigenvalue weighted by Crippen LogP contribution is 2.28. The Morgan fingerprint density at radius 2 is 1.92 bits per heavy atom. The van der Waals surface area contributed by atoms with Crippen molar-refractivity contribution in [1.82, 2.24) is 4.90 Å². The van der Waals surface area contributed by atoms with E-state index in [9.17, 15) is 9.59 Å². The Kier molecular flexibility index (Phi) is 4.46. The molecule has 1 unspecified atom stereocenters. The number of nitrogens with one attached hydrogen (secondary N) is 1. The standard InChI is InChI=1S/C20H17N3O3/c1-2-16-10-15-9-14(12-3-5-13(6-4-12)19(21)22)7-8-17(15)20(26)23(16)11-18(24)25/h1,3-9,16H,10-11H2,(H3,21,22)(H,24,25). The van der Waals surface area contributed by atoms with Gasteiger partial charge in [-0.2, -0.15) is 0 Å². The normalized spacial score (nSPS) is 15.9. The van der Waals surface area contributed by atoms with Crippen LogP contribution in [0, 0.1) is 17.8 Å². The van der Waals surface area contributed by atoms with Crippen molar-refractivity contribution >= 4 is 17.7 Å². The van der Waals surface area contributed by atoms with Crippen LogP contribution < -0.4 is 5.73 Å². The van der Waals surface area contributed by atoms with E-state index in [1.165, 1.54) is 4.90 Å². The molecule has 3 rings (SSSR count). The molecule has 0 spiro atoms. The van der Waals surface area contributed by atoms with Crippen molar-refractivity contribution in [1.29, 1.82) is 5.41 Å². The Balaban J connectivity index is 1.96. The van der Waals surface area contributed by atoms with Gasteiger partial charge in [0.25, 0.3) is 5.91 Å². The molecule has 0 fully saturated rings. The number of carbonyl (C=O) groups excluding carboxylic acids is 1. The number of carboxylic acids is 1. The molecule has 1 aliphatic rings. The number of terminal acetylenes is 1. The van der Waals surface area contributed by atoms with Gasteiger partial charge in [-0.3, -0.25) is 15.0 Å². The Bertz CT molecular complexity index is 942. The van der Waals surface area contributed by atoms with Crippen LogP contribution in [0.2, 0.25) is 0 Å². The van der Waals surface area contributed by atoms with Crippen LogP contribution in [0.1, 0.15) is 21.5 Å². The topological polar surface area (TPSA) is 107 Å². The number of amides is 1. The molecule has 0 bridgehead atoms. The summed E-state index contributed by atoms with van der Waals surface area (Å²) in [6.07, 6.45) is 5.92. The molecule has 1 heterocycles. The quantitative estimate of drug-likeness (QED) is 0.445. The van der Waals surface area contributed by atoms with Crippen LogP contribution in [0.15, 0.2) is 42.5 Å². The molecule has 0 aromatic heterocycles. The van der Waals surface area contributed by atoms with Crippen LogP contribution in [-0.2, 0) is 11.2 Å². The fraction of sp³-hybridized carbons (Fsp3) is 0.150. The number of hydrogen-bond acceptors (Lipinski definition) is 3. The van der Waals surface area contributed by atoms with Gasteiger partial charge in [0.15, 0.2) is 0 Å². The fourth-order valence-corrected chi connectivity index (χ4v) is 3.08. The summed E-state index contributed by atoms with van der Waals surface area (Å²) in [6.45, 7) is -0.415. The molecule has 26 heavy (non-hydrogen) atoms. The van der Waals surface area contributed by atoms with Gasteiger partial charge in [-0.25, -0.2) is 0 Å². The zero-order chi connectivity index (χ0) is 18.8. The summed E-state index contributed by atoms with van der Waals surface area (Å²) < 4.78 is 0. The van der Waals surface area contributed by atoms with Crippen molar-refractivity contribution in [2.45, 2.75) is 12.5 Å². The summed E-state index contributed by atoms with van der Waals surface area (Å²) in [7, 11) is 0. The zero-order valence-corrected chi connectivity index (χ0v) is 13.9. The SMILES string of the molecule is C#CC1Cc2cc(-c3ccc(C(=N)N)cc3)ccc2C(=O)N1CC(=O)O. The Hall–Kier alpha value is -3.59. The van der Waals surface area contributed by atoms with Gasteiger partial charge < -0.3 is 15.7 Å². The molecule has 4 N–H and O–H groups in total. The average molecular weight is 347 g/mol. The third-order valence-electron chi connectivity index (χ3n) is 4.41. The van der Waals surface area contributed by atoms with Crippen molar-refractivity contribution in [2.24, 2.45) is 5.73 Å². The number of nitrogen functional groups attached to an aromatic ring is 1. The summed E-state index contributed by atoms with van der Waals surface area (Å²) in [4.78, 5) is 24.8. The first kappa shape index (κ1) is 17.2. The average Bonchev–Trinajstić information content (AvgIpc) is 2.63. The molecular formula is C20H17N3O3. The summed E-state index contributed by atoms with van der Waals surface area (Å²) >= 11 is 0. The minimum Gasteiger partial charge on any atom is -0.480 e. The Morgan fingerprint density at radius 3 is 2.50 bits per heavy atom. The second-order valence-electron chi connectivity index (χ2n) is 6.08. The predicted octanol–water partition coefficient (Wildman–Crippen LogP) is 1.72. The molecule has 0 saturated carbocycles. The molecule has 130 valence electrons. The molecule has 0 aliphatic carbocycles. The van der Waals surface area contributed by atoms with Crippen molar-refractivity contribution in [3.8, 4) is 23.5 Å². The highest BCUT2D eigenvalue weighted by molar-refractivity contribution is 5.99. The second-order valence-corrected chi connectivity index (χ2v) is 6.08. The molecule has 2 aromatic rings. The maximum Gasteiger partial charge on any atom is 0.323 e. The number of benzene rings is 2. The number of carbonyl (C=O) groups is 2. The van der Waals surface area contributed by atoms with Gasteiger partial charge in [0.05, 0.1) is 6.04 Å². The minimum absolute atomic E-state index is 0.00275. The van der Waals surface area contributed by atoms with E-state index in [1.807, 2.05) is 24.3 Å². The van der Waals surface area contributed by atoms with E-state index in [0.29, 0.717) is 17.5 Å². The number of nitrogens with two attached hydrogens (primary N) is 1. The van der Waals surface area contributed by atoms with E-state index in [2.05, 4.69) is 5.92 Å². The number of nitrogens with zero attached hydrogens (tertiary/aromatic N) is 1. The minimum atomic E-state index is -1.09. The van der Waals surface area contributed by atoms with Crippen molar-refractivity contribution in [2.75, 3.05) is 6.54 Å². The monoisotopic (exact) mass is 347 g/mol. The lowest BCUT2D eigenvalue weighted by Crippen LogP contribution is -2.47. The first-order chi connectivity index (χ1) is 12.4. The van der Waals surface area contributed by atoms with E-state index < -0.39 is 18.6 Å². The number of carboxylic acid groups (broad SMARTS) is 1. The summed E-state index contributed by atoms with van der Waals surface area (Å²) in [5.41, 5.74) is 9.22. The zero-order valence-electron chi connectivity index (χ0n) is 13.9. The molecule has 2 aromatic carbocycles. The van der Waals surface area contributed by atoms with Crippen LogP contribution in [0.25, 0.3) is 11.1 Å². The van der Waals surface area contributed by atoms with E-state index in [0.717, 1.165) is 16.7 Å². The highest BCUT2D eigenvalue weighted by atomic mass is 16.4. The van der Waals surface area contributed by atoms with E-state index >= 15 is 0 Å². The molecule has 1 atom stereocenters. The Morgan fingerprint density at radius 1 is 1.27 bits per heavy atom. The largest absolute Gasteiger partial charge is 0.480 e. The lowest BCUT2D eigenvalue weighted by Gasteiger charge is -2.32. The molecule has 1 aliphatic heterocycles. The van der Waals surface area contributed by atoms with Crippen LogP contribution in [0.4, 0.5) is 0 Å². The van der Waals surface area contributed by atoms with Gasteiger partial charge >= 0.3 is 5.97 Å². The first-order valence-corrected chi connectivity index (χ1v) is 7.97. The maximum absolute atomic E-state index is 12.6. The van der Waals surface area contributed by atoms with Crippen molar-refractivity contribution < 1.29 is 14.7 Å². The van der Waals surface area contributed by atoms with Crippen molar-refractivity contribution in [3.63, 3.8) is 0 Å². The lowest BCUT2D eigenvalue weighted by atomic mass is 9.90. The number of rotatable bonds is 4. The van der Waals surface area contributed by atoms with Gasteiger partial charge in [0, 0.05) is 17.5 Å². The third-order valence-corrected chi connectivity index (χ3v) is 4.41. The second kappa shape index (κ2) is 6.73. The van der Waals surface area contributed by atoms with Gasteiger partial charge in [-0.15, -0.1) is 6.42 Å². The van der Waals surface area contributed by atoms with Gasteiger partial charge in [0.1, 0.15) is 12.4 Å². The van der Waals surface area contributed by atoms with Gasteiger partial charge in [0.2, 0.25) is 0 Å². The molecule has 6 nitrogen and oxygen atoms in total. The summed E-state index contributed by atoms with van der Waals surface area (Å²) in [5.74, 6) is 1.06. The van der Waals surface area contributed by atoms with Crippen LogP contribution >= 0.6 is 0 Å². The van der Waals surface area contributed by atoms with E-state index in [-0.39, 0.29) is 11.7 Å². The molecule has 0 radical (unpaired) electrons. The molecular weight excluding hydrogens is 330 g/mol. The number of aliphatic carboxylic acids is 1.